The van der Waals surface area contributed by atoms with E-state index in [-0.39, 0.29) is 0 Å². The molecule has 0 aliphatic carbocycles. The Morgan fingerprint density at radius 3 is 1.58 bits per heavy atom. The van der Waals surface area contributed by atoms with Crippen LogP contribution in [0.15, 0.2) is 0 Å². The van der Waals surface area contributed by atoms with Crippen molar-refractivity contribution in [3.8, 4) is 0 Å². The second-order valence-corrected chi connectivity index (χ2v) is 5.52. The Labute approximate surface area is 121 Å². The number of unbranched alkanes of at least 4 members (excludes halogenated alkanes) is 9. The molecule has 2 nitrogen and oxygen atoms in total. The van der Waals surface area contributed by atoms with Crippen LogP contribution in [0.25, 0.3) is 0 Å². The van der Waals surface area contributed by atoms with Crippen molar-refractivity contribution in [3.05, 3.63) is 0 Å². The van der Waals surface area contributed by atoms with Gasteiger partial charge < -0.3 is 4.74 Å². The maximum absolute atomic E-state index is 5.68. The minimum absolute atomic E-state index is 0.810. The fraction of sp³-hybridized carbons (Fsp3) is 1.00. The Kier molecular flexibility index (Phi) is 15.9. The number of ether oxygens (including phenoxy) is 1. The maximum Gasteiger partial charge on any atom is 0.0990 e. The Hall–Kier alpha value is -0.0800. The normalized spacial score (nSPS) is 11.4. The van der Waals surface area contributed by atoms with Gasteiger partial charge in [-0.25, -0.2) is 0 Å². The Morgan fingerprint density at radius 1 is 0.632 bits per heavy atom. The van der Waals surface area contributed by atoms with Gasteiger partial charge in [-0.15, -0.1) is 0 Å². The smallest absolute Gasteiger partial charge is 0.0990 e. The molecule has 0 rings (SSSR count). The van der Waals surface area contributed by atoms with Crippen LogP contribution in [0.2, 0.25) is 0 Å². The maximum atomic E-state index is 5.68. The average Bonchev–Trinajstić information content (AvgIpc) is 2.44. The van der Waals surface area contributed by atoms with Crippen molar-refractivity contribution < 1.29 is 4.74 Å². The first kappa shape index (κ1) is 18.9. The first-order valence-electron chi connectivity index (χ1n) is 8.65. The summed E-state index contributed by atoms with van der Waals surface area (Å²) in [6.07, 6.45) is 13.9. The van der Waals surface area contributed by atoms with E-state index in [1.165, 1.54) is 64.2 Å². The number of hydrogen-bond donors (Lipinski definition) is 0. The predicted octanol–water partition coefficient (Wildman–Crippen LogP) is 5.22. The monoisotopic (exact) mass is 271 g/mol. The molecule has 0 spiro atoms. The number of rotatable bonds is 15. The van der Waals surface area contributed by atoms with Crippen molar-refractivity contribution in [1.29, 1.82) is 0 Å². The molecule has 0 aromatic rings. The summed E-state index contributed by atoms with van der Waals surface area (Å²) in [7, 11) is 0. The zero-order chi connectivity index (χ0) is 14.2. The first-order valence-corrected chi connectivity index (χ1v) is 8.65. The van der Waals surface area contributed by atoms with Gasteiger partial charge in [0.25, 0.3) is 0 Å². The lowest BCUT2D eigenvalue weighted by atomic mass is 10.1. The topological polar surface area (TPSA) is 12.5 Å². The van der Waals surface area contributed by atoms with Crippen LogP contribution in [-0.4, -0.2) is 31.3 Å². The van der Waals surface area contributed by atoms with Crippen LogP contribution in [0.3, 0.4) is 0 Å². The lowest BCUT2D eigenvalue weighted by Gasteiger charge is -2.17. The second kappa shape index (κ2) is 16.0. The Bertz CT molecular complexity index is 157. The van der Waals surface area contributed by atoms with Crippen LogP contribution in [0.5, 0.6) is 0 Å². The van der Waals surface area contributed by atoms with Crippen molar-refractivity contribution in [2.75, 3.05) is 26.4 Å². The number of hydrogen-bond acceptors (Lipinski definition) is 2. The van der Waals surface area contributed by atoms with Crippen molar-refractivity contribution in [1.82, 2.24) is 4.90 Å². The first-order chi connectivity index (χ1) is 9.35. The predicted molar refractivity (Wildman–Crippen MR) is 85.6 cm³/mol. The van der Waals surface area contributed by atoms with Crippen molar-refractivity contribution >= 4 is 0 Å². The molecule has 19 heavy (non-hydrogen) atoms. The van der Waals surface area contributed by atoms with Gasteiger partial charge in [-0.05, 0) is 19.5 Å². The average molecular weight is 271 g/mol. The van der Waals surface area contributed by atoms with Crippen molar-refractivity contribution in [2.24, 2.45) is 0 Å². The highest BCUT2D eigenvalue weighted by molar-refractivity contribution is 4.48. The third-order valence-electron chi connectivity index (χ3n) is 3.81. The summed E-state index contributed by atoms with van der Waals surface area (Å²) in [6, 6.07) is 0. The van der Waals surface area contributed by atoms with E-state index >= 15 is 0 Å². The molecule has 0 atom stereocenters. The van der Waals surface area contributed by atoms with Crippen LogP contribution >= 0.6 is 0 Å². The van der Waals surface area contributed by atoms with E-state index < -0.39 is 0 Å². The van der Waals surface area contributed by atoms with Gasteiger partial charge in [0.2, 0.25) is 0 Å². The van der Waals surface area contributed by atoms with Crippen LogP contribution in [0, 0.1) is 0 Å². The summed E-state index contributed by atoms with van der Waals surface area (Å²) < 4.78 is 5.68. The van der Waals surface area contributed by atoms with Crippen LogP contribution < -0.4 is 0 Å². The molecule has 0 heterocycles. The van der Waals surface area contributed by atoms with Crippen LogP contribution in [0.1, 0.15) is 85.0 Å². The molecule has 0 amide bonds. The summed E-state index contributed by atoms with van der Waals surface area (Å²) >= 11 is 0. The molecule has 0 aliphatic heterocycles. The molecular formula is C17H37NO. The zero-order valence-electron chi connectivity index (χ0n) is 13.8. The molecular weight excluding hydrogens is 234 g/mol. The lowest BCUT2D eigenvalue weighted by Crippen LogP contribution is -2.26. The van der Waals surface area contributed by atoms with Gasteiger partial charge in [-0.1, -0.05) is 78.6 Å². The summed E-state index contributed by atoms with van der Waals surface area (Å²) in [6.45, 7) is 10.6. The molecule has 0 bridgehead atoms. The summed E-state index contributed by atoms with van der Waals surface area (Å²) in [5, 5.41) is 0. The molecule has 0 unspecified atom stereocenters. The van der Waals surface area contributed by atoms with E-state index in [0.717, 1.165) is 26.4 Å². The van der Waals surface area contributed by atoms with E-state index in [1.807, 2.05) is 0 Å². The number of nitrogens with zero attached hydrogens (tertiary/aromatic N) is 1. The molecule has 0 N–H and O–H groups in total. The quantitative estimate of drug-likeness (QED) is 0.299. The SMILES string of the molecule is CCCCCCCCCCCCOCN(CC)CC. The third kappa shape index (κ3) is 14.1. The lowest BCUT2D eigenvalue weighted by molar-refractivity contribution is 0.0323. The molecule has 116 valence electrons. The zero-order valence-corrected chi connectivity index (χ0v) is 13.8. The standard InChI is InChI=1S/C17H37NO/c1-4-7-8-9-10-11-12-13-14-15-16-19-17-18(5-2)6-3/h4-17H2,1-3H3. The molecule has 0 fully saturated rings. The van der Waals surface area contributed by atoms with E-state index in [2.05, 4.69) is 25.7 Å². The minimum atomic E-state index is 0.810. The molecule has 0 aromatic carbocycles. The van der Waals surface area contributed by atoms with Gasteiger partial charge in [0.15, 0.2) is 0 Å². The highest BCUT2D eigenvalue weighted by Gasteiger charge is 1.98. The molecule has 0 radical (unpaired) electrons. The van der Waals surface area contributed by atoms with E-state index in [4.69, 9.17) is 4.74 Å². The van der Waals surface area contributed by atoms with E-state index in [0.29, 0.717) is 0 Å². The largest absolute Gasteiger partial charge is 0.366 e. The van der Waals surface area contributed by atoms with Gasteiger partial charge >= 0.3 is 0 Å². The van der Waals surface area contributed by atoms with Gasteiger partial charge in [0, 0.05) is 6.61 Å². The molecule has 0 saturated heterocycles. The third-order valence-corrected chi connectivity index (χ3v) is 3.81. The van der Waals surface area contributed by atoms with Gasteiger partial charge in [0.1, 0.15) is 0 Å². The van der Waals surface area contributed by atoms with Gasteiger partial charge in [-0.3, -0.25) is 4.90 Å². The molecule has 0 saturated carbocycles. The fourth-order valence-electron chi connectivity index (χ4n) is 2.29. The highest BCUT2D eigenvalue weighted by atomic mass is 16.5. The van der Waals surface area contributed by atoms with E-state index in [9.17, 15) is 0 Å². The van der Waals surface area contributed by atoms with Crippen LogP contribution in [-0.2, 0) is 4.74 Å². The Balaban J connectivity index is 3.02. The van der Waals surface area contributed by atoms with Crippen molar-refractivity contribution in [2.45, 2.75) is 85.0 Å². The van der Waals surface area contributed by atoms with E-state index in [1.54, 1.807) is 0 Å². The Morgan fingerprint density at radius 2 is 1.11 bits per heavy atom. The second-order valence-electron chi connectivity index (χ2n) is 5.52. The summed E-state index contributed by atoms with van der Waals surface area (Å²) in [5.41, 5.74) is 0. The van der Waals surface area contributed by atoms with Crippen molar-refractivity contribution in [3.63, 3.8) is 0 Å². The minimum Gasteiger partial charge on any atom is -0.366 e. The summed E-state index contributed by atoms with van der Waals surface area (Å²) in [4.78, 5) is 2.32. The molecule has 2 heteroatoms. The molecule has 0 aromatic heterocycles. The van der Waals surface area contributed by atoms with Gasteiger partial charge in [0.05, 0.1) is 6.73 Å². The summed E-state index contributed by atoms with van der Waals surface area (Å²) in [5.74, 6) is 0. The fourth-order valence-corrected chi connectivity index (χ4v) is 2.29. The van der Waals surface area contributed by atoms with Crippen LogP contribution in [0.4, 0.5) is 0 Å². The highest BCUT2D eigenvalue weighted by Crippen LogP contribution is 2.10. The van der Waals surface area contributed by atoms with Gasteiger partial charge in [-0.2, -0.15) is 0 Å². The molecule has 0 aliphatic rings.